The normalized spacial score (nSPS) is 17.3. The Hall–Kier alpha value is -1.26. The van der Waals surface area contributed by atoms with Crippen molar-refractivity contribution in [1.82, 2.24) is 5.32 Å². The van der Waals surface area contributed by atoms with Crippen molar-refractivity contribution in [2.45, 2.75) is 20.0 Å². The van der Waals surface area contributed by atoms with Crippen molar-refractivity contribution < 1.29 is 9.47 Å². The van der Waals surface area contributed by atoms with E-state index in [0.717, 1.165) is 31.9 Å². The molecule has 0 bridgehead atoms. The molecule has 4 nitrogen and oxygen atoms in total. The van der Waals surface area contributed by atoms with Crippen molar-refractivity contribution >= 4 is 5.69 Å². The molecule has 4 heteroatoms. The van der Waals surface area contributed by atoms with Crippen LogP contribution in [0.1, 0.15) is 12.5 Å². The van der Waals surface area contributed by atoms with Crippen molar-refractivity contribution in [2.75, 3.05) is 44.8 Å². The van der Waals surface area contributed by atoms with Gasteiger partial charge in [-0.2, -0.15) is 0 Å². The van der Waals surface area contributed by atoms with Crippen molar-refractivity contribution in [1.29, 1.82) is 0 Å². The number of ether oxygens (including phenoxy) is 2. The summed E-state index contributed by atoms with van der Waals surface area (Å²) in [4.78, 5) is 2.41. The highest BCUT2D eigenvalue weighted by Gasteiger charge is 2.12. The molecular formula is C15H24N2O2. The van der Waals surface area contributed by atoms with E-state index in [2.05, 4.69) is 35.3 Å². The maximum atomic E-state index is 5.87. The molecule has 0 spiro atoms. The molecule has 1 aliphatic heterocycles. The molecule has 1 heterocycles. The van der Waals surface area contributed by atoms with Gasteiger partial charge in [0.2, 0.25) is 0 Å². The van der Waals surface area contributed by atoms with Crippen LogP contribution in [0.3, 0.4) is 0 Å². The van der Waals surface area contributed by atoms with Crippen LogP contribution in [0.2, 0.25) is 0 Å². The largest absolute Gasteiger partial charge is 0.488 e. The molecule has 1 aromatic rings. The molecule has 0 aliphatic carbocycles. The van der Waals surface area contributed by atoms with Gasteiger partial charge >= 0.3 is 0 Å². The highest BCUT2D eigenvalue weighted by atomic mass is 16.5. The first kappa shape index (κ1) is 14.2. The Morgan fingerprint density at radius 2 is 2.05 bits per heavy atom. The molecule has 1 saturated heterocycles. The van der Waals surface area contributed by atoms with E-state index >= 15 is 0 Å². The minimum absolute atomic E-state index is 0.0775. The lowest BCUT2D eigenvalue weighted by atomic mass is 10.1. The summed E-state index contributed by atoms with van der Waals surface area (Å²) in [6, 6.07) is 6.42. The van der Waals surface area contributed by atoms with E-state index in [1.165, 1.54) is 11.3 Å². The summed E-state index contributed by atoms with van der Waals surface area (Å²) >= 11 is 0. The van der Waals surface area contributed by atoms with Crippen LogP contribution in [-0.4, -0.2) is 46.0 Å². The van der Waals surface area contributed by atoms with E-state index in [-0.39, 0.29) is 6.10 Å². The molecular weight excluding hydrogens is 240 g/mol. The number of nitrogens with zero attached hydrogens (tertiary/aromatic N) is 1. The molecule has 1 N–H and O–H groups in total. The van der Waals surface area contributed by atoms with Crippen LogP contribution >= 0.6 is 0 Å². The number of hydrogen-bond acceptors (Lipinski definition) is 4. The fraction of sp³-hybridized carbons (Fsp3) is 0.600. The summed E-state index contributed by atoms with van der Waals surface area (Å²) in [6.07, 6.45) is 0.0775. The van der Waals surface area contributed by atoms with Gasteiger partial charge in [0.05, 0.1) is 6.61 Å². The van der Waals surface area contributed by atoms with Crippen LogP contribution in [-0.2, 0) is 4.74 Å². The SMILES string of the molecule is COCC(C)Oc1ccc(N2CCNCC2)cc1C. The third kappa shape index (κ3) is 3.85. The number of benzene rings is 1. The third-order valence-corrected chi connectivity index (χ3v) is 3.37. The molecule has 19 heavy (non-hydrogen) atoms. The summed E-state index contributed by atoms with van der Waals surface area (Å²) in [7, 11) is 1.69. The quantitative estimate of drug-likeness (QED) is 0.879. The molecule has 0 aromatic heterocycles. The number of piperazine rings is 1. The van der Waals surface area contributed by atoms with E-state index in [1.54, 1.807) is 7.11 Å². The van der Waals surface area contributed by atoms with Crippen LogP contribution in [0.25, 0.3) is 0 Å². The van der Waals surface area contributed by atoms with Gasteiger partial charge in [0.25, 0.3) is 0 Å². The van der Waals surface area contributed by atoms with E-state index in [9.17, 15) is 0 Å². The Bertz CT molecular complexity index is 403. The Morgan fingerprint density at radius 1 is 1.32 bits per heavy atom. The summed E-state index contributed by atoms with van der Waals surface area (Å²) in [5, 5.41) is 3.37. The van der Waals surface area contributed by atoms with Crippen molar-refractivity contribution in [3.63, 3.8) is 0 Å². The first-order valence-corrected chi connectivity index (χ1v) is 6.92. The van der Waals surface area contributed by atoms with Crippen molar-refractivity contribution in [3.05, 3.63) is 23.8 Å². The third-order valence-electron chi connectivity index (χ3n) is 3.37. The average Bonchev–Trinajstić information content (AvgIpc) is 2.42. The van der Waals surface area contributed by atoms with Gasteiger partial charge in [-0.25, -0.2) is 0 Å². The Morgan fingerprint density at radius 3 is 2.68 bits per heavy atom. The predicted molar refractivity (Wildman–Crippen MR) is 78.2 cm³/mol. The second-order valence-electron chi connectivity index (χ2n) is 5.07. The molecule has 0 saturated carbocycles. The summed E-state index contributed by atoms with van der Waals surface area (Å²) in [5.41, 5.74) is 2.46. The fourth-order valence-electron chi connectivity index (χ4n) is 2.37. The van der Waals surface area contributed by atoms with Gasteiger partial charge in [-0.05, 0) is 37.6 Å². The number of aryl methyl sites for hydroxylation is 1. The number of methoxy groups -OCH3 is 1. The molecule has 1 aromatic carbocycles. The van der Waals surface area contributed by atoms with Gasteiger partial charge < -0.3 is 19.7 Å². The van der Waals surface area contributed by atoms with E-state index in [0.29, 0.717) is 6.61 Å². The predicted octanol–water partition coefficient (Wildman–Crippen LogP) is 1.82. The van der Waals surface area contributed by atoms with Gasteiger partial charge in [-0.3, -0.25) is 0 Å². The zero-order valence-corrected chi connectivity index (χ0v) is 12.1. The highest BCUT2D eigenvalue weighted by molar-refractivity contribution is 5.53. The first-order valence-electron chi connectivity index (χ1n) is 6.92. The van der Waals surface area contributed by atoms with Gasteiger partial charge in [0, 0.05) is 39.0 Å². The number of hydrogen-bond donors (Lipinski definition) is 1. The average molecular weight is 264 g/mol. The molecule has 2 rings (SSSR count). The number of rotatable bonds is 5. The minimum Gasteiger partial charge on any atom is -0.488 e. The first-order chi connectivity index (χ1) is 9.20. The van der Waals surface area contributed by atoms with Crippen LogP contribution < -0.4 is 15.0 Å². The van der Waals surface area contributed by atoms with Gasteiger partial charge in [-0.15, -0.1) is 0 Å². The van der Waals surface area contributed by atoms with Crippen LogP contribution in [0.4, 0.5) is 5.69 Å². The standard InChI is InChI=1S/C15H24N2O2/c1-12-10-14(17-8-6-16-7-9-17)4-5-15(12)19-13(2)11-18-3/h4-5,10,13,16H,6-9,11H2,1-3H3. The lowest BCUT2D eigenvalue weighted by molar-refractivity contribution is 0.0916. The molecule has 106 valence electrons. The Kier molecular flexibility index (Phi) is 5.05. The summed E-state index contributed by atoms with van der Waals surface area (Å²) in [5.74, 6) is 0.948. The van der Waals surface area contributed by atoms with Gasteiger partial charge in [-0.1, -0.05) is 0 Å². The fourth-order valence-corrected chi connectivity index (χ4v) is 2.37. The zero-order valence-electron chi connectivity index (χ0n) is 12.1. The monoisotopic (exact) mass is 264 g/mol. The maximum absolute atomic E-state index is 5.87. The molecule has 1 fully saturated rings. The molecule has 0 radical (unpaired) electrons. The van der Waals surface area contributed by atoms with Crippen LogP contribution in [0.5, 0.6) is 5.75 Å². The lowest BCUT2D eigenvalue weighted by Gasteiger charge is -2.30. The number of anilines is 1. The molecule has 0 amide bonds. The number of nitrogens with one attached hydrogen (secondary N) is 1. The summed E-state index contributed by atoms with van der Waals surface area (Å²) < 4.78 is 11.0. The Labute approximate surface area is 115 Å². The van der Waals surface area contributed by atoms with Crippen LogP contribution in [0.15, 0.2) is 18.2 Å². The molecule has 1 aliphatic rings. The smallest absolute Gasteiger partial charge is 0.122 e. The van der Waals surface area contributed by atoms with E-state index in [4.69, 9.17) is 9.47 Å². The van der Waals surface area contributed by atoms with E-state index < -0.39 is 0 Å². The van der Waals surface area contributed by atoms with Crippen molar-refractivity contribution in [2.24, 2.45) is 0 Å². The molecule has 1 atom stereocenters. The minimum atomic E-state index is 0.0775. The second-order valence-corrected chi connectivity index (χ2v) is 5.07. The zero-order chi connectivity index (χ0) is 13.7. The van der Waals surface area contributed by atoms with E-state index in [1.807, 2.05) is 6.92 Å². The van der Waals surface area contributed by atoms with Gasteiger partial charge in [0.15, 0.2) is 0 Å². The van der Waals surface area contributed by atoms with Gasteiger partial charge in [0.1, 0.15) is 11.9 Å². The summed E-state index contributed by atoms with van der Waals surface area (Å²) in [6.45, 7) is 8.98. The molecule has 1 unspecified atom stereocenters. The van der Waals surface area contributed by atoms with Crippen molar-refractivity contribution in [3.8, 4) is 5.75 Å². The van der Waals surface area contributed by atoms with Crippen LogP contribution in [0, 0.1) is 6.92 Å². The Balaban J connectivity index is 2.03. The highest BCUT2D eigenvalue weighted by Crippen LogP contribution is 2.25. The topological polar surface area (TPSA) is 33.7 Å². The maximum Gasteiger partial charge on any atom is 0.122 e. The second kappa shape index (κ2) is 6.78. The lowest BCUT2D eigenvalue weighted by Crippen LogP contribution is -2.43.